The highest BCUT2D eigenvalue weighted by Gasteiger charge is 2.44. The molecule has 2 N–H and O–H groups in total. The van der Waals surface area contributed by atoms with Crippen molar-refractivity contribution in [2.45, 2.75) is 32.1 Å². The Bertz CT molecular complexity index is 1460. The molecule has 5 heterocycles. The monoisotopic (exact) mass is 517 g/mol. The number of rotatable bonds is 6. The third-order valence-corrected chi connectivity index (χ3v) is 7.90. The van der Waals surface area contributed by atoms with Crippen molar-refractivity contribution in [2.24, 2.45) is 5.41 Å². The summed E-state index contributed by atoms with van der Waals surface area (Å²) in [5, 5.41) is 0.691. The van der Waals surface area contributed by atoms with Crippen LogP contribution in [0.25, 0.3) is 16.8 Å². The molecule has 0 unspecified atom stereocenters. The second-order valence-corrected chi connectivity index (χ2v) is 10.9. The first-order valence-electron chi connectivity index (χ1n) is 12.3. The molecule has 0 aliphatic carbocycles. The Hall–Kier alpha value is -3.70. The van der Waals surface area contributed by atoms with Crippen molar-refractivity contribution in [3.63, 3.8) is 0 Å². The van der Waals surface area contributed by atoms with Crippen LogP contribution in [0, 0.1) is 5.41 Å². The molecule has 2 saturated heterocycles. The van der Waals surface area contributed by atoms with Gasteiger partial charge < -0.3 is 15.4 Å². The van der Waals surface area contributed by atoms with Crippen LogP contribution in [-0.2, 0) is 16.0 Å². The number of hydrogen-bond acceptors (Lipinski definition) is 9. The van der Waals surface area contributed by atoms with Crippen LogP contribution in [0.2, 0.25) is 0 Å². The van der Waals surface area contributed by atoms with E-state index in [-0.39, 0.29) is 24.0 Å². The molecule has 1 atom stereocenters. The highest BCUT2D eigenvalue weighted by atomic mass is 32.1. The lowest BCUT2D eigenvalue weighted by Crippen LogP contribution is -2.55. The van der Waals surface area contributed by atoms with E-state index in [1.54, 1.807) is 18.3 Å². The predicted octanol–water partition coefficient (Wildman–Crippen LogP) is 3.00. The summed E-state index contributed by atoms with van der Waals surface area (Å²) >= 11 is 1.23. The van der Waals surface area contributed by atoms with E-state index in [1.165, 1.54) is 17.9 Å². The fourth-order valence-electron chi connectivity index (χ4n) is 5.19. The smallest absolute Gasteiger partial charge is 0.233 e. The number of nitrogen functional groups attached to an aromatic ring is 1. The number of Topliss-reactive ketones (excluding diaryl/α,β-unsaturated/α-hetero) is 1. The summed E-state index contributed by atoms with van der Waals surface area (Å²) < 4.78 is 11.3. The minimum Gasteiger partial charge on any atom is -0.382 e. The summed E-state index contributed by atoms with van der Waals surface area (Å²) in [5.74, 6) is 1.45. The molecule has 2 fully saturated rings. The number of piperidine rings is 1. The normalized spacial score (nSPS) is 19.1. The van der Waals surface area contributed by atoms with Crippen molar-refractivity contribution >= 4 is 34.6 Å². The zero-order valence-electron chi connectivity index (χ0n) is 20.5. The van der Waals surface area contributed by atoms with Gasteiger partial charge in [-0.2, -0.15) is 4.37 Å². The number of aromatic nitrogens is 5. The Morgan fingerprint density at radius 2 is 2.03 bits per heavy atom. The summed E-state index contributed by atoms with van der Waals surface area (Å²) in [4.78, 5) is 41.2. The molecule has 2 aliphatic rings. The maximum Gasteiger partial charge on any atom is 0.233 e. The second-order valence-electron chi connectivity index (χ2n) is 10.0. The molecule has 4 aromatic rings. The topological polar surface area (TPSA) is 129 Å². The van der Waals surface area contributed by atoms with Crippen molar-refractivity contribution in [1.29, 1.82) is 0 Å². The molecule has 11 heteroatoms. The maximum atomic E-state index is 13.2. The minimum atomic E-state index is -0.425. The van der Waals surface area contributed by atoms with E-state index < -0.39 is 5.41 Å². The van der Waals surface area contributed by atoms with Gasteiger partial charge in [0.25, 0.3) is 0 Å². The molecule has 3 aromatic heterocycles. The van der Waals surface area contributed by atoms with E-state index in [0.717, 1.165) is 36.3 Å². The first-order valence-corrected chi connectivity index (χ1v) is 13.1. The lowest BCUT2D eigenvalue weighted by Gasteiger charge is -2.42. The Kier molecular flexibility index (Phi) is 5.96. The number of imidazole rings is 1. The summed E-state index contributed by atoms with van der Waals surface area (Å²) in [7, 11) is 0. The number of likely N-dealkylation sites (tertiary alicyclic amines) is 1. The molecular weight excluding hydrogens is 490 g/mol. The summed E-state index contributed by atoms with van der Waals surface area (Å²) in [6, 6.07) is 7.39. The number of ether oxygens (including phenoxy) is 1. The van der Waals surface area contributed by atoms with Gasteiger partial charge in [0.2, 0.25) is 5.91 Å². The average Bonchev–Trinajstić information content (AvgIpc) is 3.56. The van der Waals surface area contributed by atoms with Crippen LogP contribution in [-0.4, -0.2) is 66.6 Å². The highest BCUT2D eigenvalue weighted by Crippen LogP contribution is 2.36. The summed E-state index contributed by atoms with van der Waals surface area (Å²) in [5.41, 5.74) is 8.80. The number of nitrogens with two attached hydrogens (primary N) is 1. The third kappa shape index (κ3) is 4.27. The van der Waals surface area contributed by atoms with Gasteiger partial charge in [-0.15, -0.1) is 0 Å². The van der Waals surface area contributed by atoms with Crippen molar-refractivity contribution in [3.05, 3.63) is 59.4 Å². The molecule has 1 amide bonds. The van der Waals surface area contributed by atoms with Gasteiger partial charge in [-0.25, -0.2) is 15.0 Å². The quantitative estimate of drug-likeness (QED) is 0.387. The van der Waals surface area contributed by atoms with Crippen LogP contribution < -0.4 is 5.73 Å². The number of nitrogens with zero attached hydrogens (tertiary/aromatic N) is 6. The highest BCUT2D eigenvalue weighted by molar-refractivity contribution is 7.05. The van der Waals surface area contributed by atoms with E-state index >= 15 is 0 Å². The first-order chi connectivity index (χ1) is 17.9. The van der Waals surface area contributed by atoms with Gasteiger partial charge in [-0.1, -0.05) is 24.3 Å². The number of ketones is 1. The molecule has 190 valence electrons. The molecule has 37 heavy (non-hydrogen) atoms. The number of carbonyl (C=O) groups is 2. The Balaban J connectivity index is 1.30. The molecule has 0 saturated carbocycles. The lowest BCUT2D eigenvalue weighted by atomic mass is 9.85. The number of benzene rings is 1. The third-order valence-electron chi connectivity index (χ3n) is 7.24. The fourth-order valence-corrected chi connectivity index (χ4v) is 5.70. The molecular formula is C26H27N7O3S. The molecule has 0 bridgehead atoms. The van der Waals surface area contributed by atoms with Crippen molar-refractivity contribution in [2.75, 3.05) is 32.0 Å². The summed E-state index contributed by atoms with van der Waals surface area (Å²) in [6.07, 6.45) is 7.06. The number of amides is 1. The lowest BCUT2D eigenvalue weighted by molar-refractivity contribution is -0.169. The molecule has 0 spiro atoms. The van der Waals surface area contributed by atoms with Gasteiger partial charge >= 0.3 is 0 Å². The average molecular weight is 518 g/mol. The van der Waals surface area contributed by atoms with Crippen molar-refractivity contribution < 1.29 is 14.3 Å². The van der Waals surface area contributed by atoms with E-state index in [4.69, 9.17) is 15.5 Å². The zero-order chi connectivity index (χ0) is 25.6. The number of carbonyl (C=O) groups excluding carboxylic acids is 2. The number of fused-ring (bicyclic) bond motifs is 1. The van der Waals surface area contributed by atoms with Gasteiger partial charge in [0.15, 0.2) is 5.78 Å². The van der Waals surface area contributed by atoms with Gasteiger partial charge in [-0.05, 0) is 31.3 Å². The van der Waals surface area contributed by atoms with E-state index in [0.29, 0.717) is 41.8 Å². The Morgan fingerprint density at radius 1 is 1.22 bits per heavy atom. The molecule has 2 aliphatic heterocycles. The van der Waals surface area contributed by atoms with Crippen LogP contribution in [0.1, 0.15) is 46.9 Å². The Labute approximate surface area is 217 Å². The minimum absolute atomic E-state index is 0.0163. The second kappa shape index (κ2) is 9.31. The first kappa shape index (κ1) is 23.7. The van der Waals surface area contributed by atoms with Crippen molar-refractivity contribution in [3.8, 4) is 11.3 Å². The van der Waals surface area contributed by atoms with Crippen LogP contribution in [0.3, 0.4) is 0 Å². The van der Waals surface area contributed by atoms with E-state index in [1.807, 2.05) is 34.6 Å². The van der Waals surface area contributed by atoms with Crippen molar-refractivity contribution in [1.82, 2.24) is 28.6 Å². The Morgan fingerprint density at radius 3 is 2.73 bits per heavy atom. The fraction of sp³-hybridized carbons (Fsp3) is 0.385. The molecule has 10 nitrogen and oxygen atoms in total. The van der Waals surface area contributed by atoms with Gasteiger partial charge in [0, 0.05) is 42.5 Å². The predicted molar refractivity (Wildman–Crippen MR) is 138 cm³/mol. The number of anilines is 1. The SMILES string of the molecule is CC1(C(=O)N2CCC[C@@H](c3nc(-c4ccc(C(=O)Cc5ncns5)cc4)c4c(N)nccn34)C2)COC1. The van der Waals surface area contributed by atoms with Crippen LogP contribution in [0.4, 0.5) is 5.82 Å². The van der Waals surface area contributed by atoms with Gasteiger partial charge in [0.05, 0.1) is 25.0 Å². The van der Waals surface area contributed by atoms with Gasteiger partial charge in [0.1, 0.15) is 34.2 Å². The maximum absolute atomic E-state index is 13.2. The largest absolute Gasteiger partial charge is 0.382 e. The van der Waals surface area contributed by atoms with Gasteiger partial charge in [-0.3, -0.25) is 14.0 Å². The molecule has 1 aromatic carbocycles. The number of hydrogen-bond donors (Lipinski definition) is 1. The summed E-state index contributed by atoms with van der Waals surface area (Å²) in [6.45, 7) is 4.28. The van der Waals surface area contributed by atoms with Crippen LogP contribution in [0.5, 0.6) is 0 Å². The molecule has 0 radical (unpaired) electrons. The van der Waals surface area contributed by atoms with Crippen LogP contribution >= 0.6 is 11.5 Å². The molecule has 6 rings (SSSR count). The van der Waals surface area contributed by atoms with E-state index in [2.05, 4.69) is 14.3 Å². The van der Waals surface area contributed by atoms with Crippen LogP contribution in [0.15, 0.2) is 43.0 Å². The standard InChI is InChI=1S/C26H27N7O3S/c1-26(13-36-14-26)25(35)32-9-2-3-18(12-32)24-31-21(22-23(27)28-8-10-33(22)24)17-6-4-16(5-7-17)19(34)11-20-29-15-30-37-20/h4-8,10,15,18H,2-3,9,11-14H2,1H3,(H2,27,28)/t18-/m1/s1. The zero-order valence-corrected chi connectivity index (χ0v) is 21.3. The van der Waals surface area contributed by atoms with E-state index in [9.17, 15) is 9.59 Å².